The predicted octanol–water partition coefficient (Wildman–Crippen LogP) is 5.40. The quantitative estimate of drug-likeness (QED) is 0.650. The van der Waals surface area contributed by atoms with E-state index >= 15 is 0 Å². The number of allylic oxidation sites excluding steroid dienone is 2. The van der Waals surface area contributed by atoms with Gasteiger partial charge >= 0.3 is 6.18 Å². The van der Waals surface area contributed by atoms with Gasteiger partial charge in [0.1, 0.15) is 10.8 Å². The van der Waals surface area contributed by atoms with E-state index in [-0.39, 0.29) is 12.2 Å². The molecule has 0 saturated carbocycles. The first-order chi connectivity index (χ1) is 14.2. The van der Waals surface area contributed by atoms with Crippen molar-refractivity contribution in [1.29, 1.82) is 10.5 Å². The second-order valence-corrected chi connectivity index (χ2v) is 7.57. The van der Waals surface area contributed by atoms with Gasteiger partial charge in [0.25, 0.3) is 0 Å². The molecular formula is C21H17F3N4OS. The summed E-state index contributed by atoms with van der Waals surface area (Å²) in [6.07, 6.45) is -4.52. The minimum absolute atomic E-state index is 0.240. The first kappa shape index (κ1) is 21.5. The van der Waals surface area contributed by atoms with Gasteiger partial charge in [0.15, 0.2) is 5.70 Å². The number of aromatic nitrogens is 1. The Labute approximate surface area is 175 Å². The number of nitrogens with zero attached hydrogens (tertiary/aromatic N) is 4. The molecule has 1 aliphatic rings. The Morgan fingerprint density at radius 2 is 1.93 bits per heavy atom. The van der Waals surface area contributed by atoms with Crippen molar-refractivity contribution in [2.24, 2.45) is 4.99 Å². The third-order valence-electron chi connectivity index (χ3n) is 4.87. The molecule has 0 N–H and O–H groups in total. The van der Waals surface area contributed by atoms with Crippen LogP contribution in [0.2, 0.25) is 0 Å². The zero-order chi connectivity index (χ0) is 22.1. The molecule has 2 unspecified atom stereocenters. The average molecular weight is 430 g/mol. The molecule has 0 bridgehead atoms. The SMILES string of the molecule is CCC1=NC(C(F)(F)F)=C(C#N)C(c2ccc(C#N)cc2OC)C1c1nc(C)cs1. The van der Waals surface area contributed by atoms with Gasteiger partial charge in [0.05, 0.1) is 36.3 Å². The Kier molecular flexibility index (Phi) is 5.95. The number of hydrogen-bond acceptors (Lipinski definition) is 6. The second-order valence-electron chi connectivity index (χ2n) is 6.68. The Balaban J connectivity index is 2.36. The summed E-state index contributed by atoms with van der Waals surface area (Å²) in [6, 6.07) is 8.23. The highest BCUT2D eigenvalue weighted by molar-refractivity contribution is 7.09. The van der Waals surface area contributed by atoms with E-state index in [0.29, 0.717) is 21.8 Å². The molecule has 30 heavy (non-hydrogen) atoms. The lowest BCUT2D eigenvalue weighted by Crippen LogP contribution is -2.30. The van der Waals surface area contributed by atoms with Crippen molar-refractivity contribution in [1.82, 2.24) is 4.98 Å². The standard InChI is InChI=1S/C21H17F3N4OS/c1-4-15-18(20-27-11(2)10-30-20)17(14(9-26)19(28-15)21(22,23)24)13-6-5-12(8-25)7-16(13)29-3/h5-7,10,17-18H,4H2,1-3H3. The monoisotopic (exact) mass is 430 g/mol. The maximum Gasteiger partial charge on any atom is 0.434 e. The largest absolute Gasteiger partial charge is 0.496 e. The van der Waals surface area contributed by atoms with Crippen molar-refractivity contribution in [3.05, 3.63) is 56.7 Å². The number of nitriles is 2. The highest BCUT2D eigenvalue weighted by atomic mass is 32.1. The fourth-order valence-electron chi connectivity index (χ4n) is 3.59. The Bertz CT molecular complexity index is 1120. The molecule has 1 aromatic carbocycles. The van der Waals surface area contributed by atoms with Gasteiger partial charge in [-0.15, -0.1) is 11.3 Å². The van der Waals surface area contributed by atoms with E-state index in [1.165, 1.54) is 30.6 Å². The third-order valence-corrected chi connectivity index (χ3v) is 5.91. The van der Waals surface area contributed by atoms with Crippen molar-refractivity contribution >= 4 is 17.0 Å². The molecular weight excluding hydrogens is 413 g/mol. The fourth-order valence-corrected chi connectivity index (χ4v) is 4.55. The first-order valence-corrected chi connectivity index (χ1v) is 9.92. The number of aliphatic imine (C=N–C) groups is 1. The molecule has 9 heteroatoms. The number of thiazole rings is 1. The van der Waals surface area contributed by atoms with Crippen LogP contribution in [0.15, 0.2) is 39.8 Å². The number of hydrogen-bond donors (Lipinski definition) is 0. The predicted molar refractivity (Wildman–Crippen MR) is 106 cm³/mol. The Hall–Kier alpha value is -3.17. The molecule has 0 spiro atoms. The van der Waals surface area contributed by atoms with Gasteiger partial charge in [0.2, 0.25) is 0 Å². The van der Waals surface area contributed by atoms with E-state index < -0.39 is 29.3 Å². The molecule has 0 amide bonds. The van der Waals surface area contributed by atoms with Gasteiger partial charge in [-0.05, 0) is 25.5 Å². The van der Waals surface area contributed by atoms with Crippen LogP contribution in [0.25, 0.3) is 0 Å². The van der Waals surface area contributed by atoms with Crippen molar-refractivity contribution in [2.45, 2.75) is 38.3 Å². The zero-order valence-electron chi connectivity index (χ0n) is 16.4. The average Bonchev–Trinajstić information content (AvgIpc) is 3.16. The molecule has 0 fully saturated rings. The maximum atomic E-state index is 13.8. The number of aryl methyl sites for hydroxylation is 1. The summed E-state index contributed by atoms with van der Waals surface area (Å²) in [5.41, 5.74) is 0.0417. The third kappa shape index (κ3) is 3.81. The lowest BCUT2D eigenvalue weighted by Gasteiger charge is -2.33. The van der Waals surface area contributed by atoms with Crippen molar-refractivity contribution in [3.8, 4) is 17.9 Å². The molecule has 5 nitrogen and oxygen atoms in total. The molecule has 1 aromatic heterocycles. The second kappa shape index (κ2) is 8.29. The summed E-state index contributed by atoms with van der Waals surface area (Å²) in [7, 11) is 1.38. The maximum absolute atomic E-state index is 13.8. The zero-order valence-corrected chi connectivity index (χ0v) is 17.2. The van der Waals surface area contributed by atoms with Crippen LogP contribution >= 0.6 is 11.3 Å². The highest BCUT2D eigenvalue weighted by Crippen LogP contribution is 2.50. The summed E-state index contributed by atoms with van der Waals surface area (Å²) in [4.78, 5) is 8.36. The van der Waals surface area contributed by atoms with E-state index in [0.717, 1.165) is 5.69 Å². The van der Waals surface area contributed by atoms with Crippen molar-refractivity contribution in [2.75, 3.05) is 7.11 Å². The molecule has 0 aliphatic carbocycles. The Morgan fingerprint density at radius 3 is 2.43 bits per heavy atom. The lowest BCUT2D eigenvalue weighted by atomic mass is 9.74. The molecule has 2 atom stereocenters. The van der Waals surface area contributed by atoms with Crippen LogP contribution in [-0.4, -0.2) is 24.0 Å². The van der Waals surface area contributed by atoms with Gasteiger partial charge in [0, 0.05) is 28.3 Å². The van der Waals surface area contributed by atoms with E-state index in [1.54, 1.807) is 26.0 Å². The summed E-state index contributed by atoms with van der Waals surface area (Å²) in [6.45, 7) is 3.52. The van der Waals surface area contributed by atoms with E-state index in [4.69, 9.17) is 4.74 Å². The molecule has 1 aliphatic heterocycles. The summed E-state index contributed by atoms with van der Waals surface area (Å²) in [5.74, 6) is -1.40. The number of rotatable bonds is 4. The highest BCUT2D eigenvalue weighted by Gasteiger charge is 2.47. The Morgan fingerprint density at radius 1 is 1.20 bits per heavy atom. The van der Waals surface area contributed by atoms with Crippen LogP contribution in [-0.2, 0) is 0 Å². The number of ether oxygens (including phenoxy) is 1. The van der Waals surface area contributed by atoms with Gasteiger partial charge in [-0.1, -0.05) is 13.0 Å². The summed E-state index contributed by atoms with van der Waals surface area (Å²) in [5, 5.41) is 21.3. The minimum Gasteiger partial charge on any atom is -0.496 e. The molecule has 2 aromatic rings. The van der Waals surface area contributed by atoms with Crippen LogP contribution < -0.4 is 4.74 Å². The number of halogens is 3. The first-order valence-electron chi connectivity index (χ1n) is 9.04. The number of methoxy groups -OCH3 is 1. The summed E-state index contributed by atoms with van der Waals surface area (Å²) < 4.78 is 46.8. The van der Waals surface area contributed by atoms with Gasteiger partial charge in [-0.25, -0.2) is 4.98 Å². The van der Waals surface area contributed by atoms with Gasteiger partial charge in [-0.3, -0.25) is 4.99 Å². The van der Waals surface area contributed by atoms with E-state index in [2.05, 4.69) is 9.98 Å². The van der Waals surface area contributed by atoms with Crippen molar-refractivity contribution in [3.63, 3.8) is 0 Å². The normalized spacial score (nSPS) is 19.1. The fraction of sp³-hybridized carbons (Fsp3) is 0.333. The molecule has 2 heterocycles. The molecule has 154 valence electrons. The van der Waals surface area contributed by atoms with Crippen LogP contribution in [0.4, 0.5) is 13.2 Å². The summed E-state index contributed by atoms with van der Waals surface area (Å²) >= 11 is 1.32. The molecule has 3 rings (SSSR count). The molecule has 0 radical (unpaired) electrons. The number of benzene rings is 1. The van der Waals surface area contributed by atoms with E-state index in [9.17, 15) is 23.7 Å². The minimum atomic E-state index is -4.78. The van der Waals surface area contributed by atoms with Crippen LogP contribution in [0.3, 0.4) is 0 Å². The van der Waals surface area contributed by atoms with Gasteiger partial charge in [-0.2, -0.15) is 23.7 Å². The topological polar surface area (TPSA) is 82.1 Å². The van der Waals surface area contributed by atoms with Crippen LogP contribution in [0.1, 0.15) is 47.0 Å². The number of alkyl halides is 3. The lowest BCUT2D eigenvalue weighted by molar-refractivity contribution is -0.0935. The van der Waals surface area contributed by atoms with Gasteiger partial charge < -0.3 is 4.74 Å². The van der Waals surface area contributed by atoms with Crippen molar-refractivity contribution < 1.29 is 17.9 Å². The smallest absolute Gasteiger partial charge is 0.434 e. The van der Waals surface area contributed by atoms with E-state index in [1.807, 2.05) is 11.4 Å². The van der Waals surface area contributed by atoms with Crippen LogP contribution in [0.5, 0.6) is 5.75 Å². The molecule has 0 saturated heterocycles. The van der Waals surface area contributed by atoms with Crippen LogP contribution in [0, 0.1) is 29.6 Å².